The SMILES string of the molecule is CCS(=O)(=O)c1ccccc1NCC(C)(C)c1cccs1. The van der Waals surface area contributed by atoms with E-state index >= 15 is 0 Å². The fourth-order valence-electron chi connectivity index (χ4n) is 2.11. The summed E-state index contributed by atoms with van der Waals surface area (Å²) in [4.78, 5) is 1.67. The summed E-state index contributed by atoms with van der Waals surface area (Å²) in [6, 6.07) is 11.3. The van der Waals surface area contributed by atoms with Crippen molar-refractivity contribution in [3.63, 3.8) is 0 Å². The summed E-state index contributed by atoms with van der Waals surface area (Å²) >= 11 is 1.72. The number of anilines is 1. The van der Waals surface area contributed by atoms with Crippen molar-refractivity contribution >= 4 is 26.9 Å². The zero-order valence-electron chi connectivity index (χ0n) is 12.6. The van der Waals surface area contributed by atoms with Crippen molar-refractivity contribution in [2.24, 2.45) is 0 Å². The Hall–Kier alpha value is -1.33. The van der Waals surface area contributed by atoms with E-state index in [2.05, 4.69) is 30.6 Å². The highest BCUT2D eigenvalue weighted by molar-refractivity contribution is 7.91. The third-order valence-electron chi connectivity index (χ3n) is 3.51. The monoisotopic (exact) mass is 323 g/mol. The molecule has 114 valence electrons. The summed E-state index contributed by atoms with van der Waals surface area (Å²) in [7, 11) is -3.21. The van der Waals surface area contributed by atoms with E-state index in [1.165, 1.54) is 4.88 Å². The summed E-state index contributed by atoms with van der Waals surface area (Å²) in [5, 5.41) is 5.37. The van der Waals surface area contributed by atoms with Gasteiger partial charge in [0.1, 0.15) is 0 Å². The average Bonchev–Trinajstić information content (AvgIpc) is 3.00. The normalized spacial score (nSPS) is 12.3. The third-order valence-corrected chi connectivity index (χ3v) is 6.53. The van der Waals surface area contributed by atoms with Gasteiger partial charge in [0.25, 0.3) is 0 Å². The molecule has 0 saturated heterocycles. The highest BCUT2D eigenvalue weighted by Gasteiger charge is 2.23. The van der Waals surface area contributed by atoms with Gasteiger partial charge in [0.15, 0.2) is 9.84 Å². The Bertz CT molecular complexity index is 689. The van der Waals surface area contributed by atoms with Gasteiger partial charge in [-0.2, -0.15) is 0 Å². The van der Waals surface area contributed by atoms with Crippen LogP contribution in [0.15, 0.2) is 46.7 Å². The molecular weight excluding hydrogens is 302 g/mol. The fraction of sp³-hybridized carbons (Fsp3) is 0.375. The van der Waals surface area contributed by atoms with E-state index in [9.17, 15) is 8.42 Å². The minimum atomic E-state index is -3.21. The summed E-state index contributed by atoms with van der Waals surface area (Å²) < 4.78 is 24.3. The van der Waals surface area contributed by atoms with Crippen LogP contribution in [-0.2, 0) is 15.3 Å². The molecule has 3 nitrogen and oxygen atoms in total. The second-order valence-corrected chi connectivity index (χ2v) is 8.81. The first-order valence-corrected chi connectivity index (χ1v) is 9.49. The molecule has 2 aromatic rings. The second-order valence-electron chi connectivity index (χ2n) is 5.61. The zero-order chi connectivity index (χ0) is 15.5. The van der Waals surface area contributed by atoms with Crippen LogP contribution in [0.1, 0.15) is 25.6 Å². The lowest BCUT2D eigenvalue weighted by atomic mass is 9.91. The predicted molar refractivity (Wildman–Crippen MR) is 90.0 cm³/mol. The molecule has 0 atom stereocenters. The minimum absolute atomic E-state index is 0.0444. The average molecular weight is 323 g/mol. The van der Waals surface area contributed by atoms with E-state index in [0.717, 1.165) is 0 Å². The van der Waals surface area contributed by atoms with Gasteiger partial charge in [-0.15, -0.1) is 11.3 Å². The maximum atomic E-state index is 12.1. The number of rotatable bonds is 6. The molecule has 2 rings (SSSR count). The highest BCUT2D eigenvalue weighted by Crippen LogP contribution is 2.29. The maximum Gasteiger partial charge on any atom is 0.180 e. The Morgan fingerprint density at radius 3 is 2.48 bits per heavy atom. The largest absolute Gasteiger partial charge is 0.383 e. The predicted octanol–water partition coefficient (Wildman–Crippen LogP) is 3.93. The van der Waals surface area contributed by atoms with Crippen molar-refractivity contribution in [1.29, 1.82) is 0 Å². The lowest BCUT2D eigenvalue weighted by molar-refractivity contribution is 0.567. The van der Waals surface area contributed by atoms with Crippen LogP contribution in [0.4, 0.5) is 5.69 Å². The van der Waals surface area contributed by atoms with Crippen molar-refractivity contribution in [3.8, 4) is 0 Å². The number of nitrogens with one attached hydrogen (secondary N) is 1. The molecule has 0 aliphatic rings. The van der Waals surface area contributed by atoms with Gasteiger partial charge in [-0.05, 0) is 23.6 Å². The molecule has 0 radical (unpaired) electrons. The minimum Gasteiger partial charge on any atom is -0.383 e. The number of para-hydroxylation sites is 1. The Morgan fingerprint density at radius 1 is 1.14 bits per heavy atom. The van der Waals surface area contributed by atoms with Gasteiger partial charge in [-0.1, -0.05) is 39.0 Å². The van der Waals surface area contributed by atoms with Gasteiger partial charge in [-0.25, -0.2) is 8.42 Å². The molecule has 1 aromatic carbocycles. The van der Waals surface area contributed by atoms with Crippen LogP contribution in [0.2, 0.25) is 0 Å². The fourth-order valence-corrected chi connectivity index (χ4v) is 4.03. The van der Waals surface area contributed by atoms with Crippen LogP contribution in [0, 0.1) is 0 Å². The molecule has 0 aliphatic carbocycles. The van der Waals surface area contributed by atoms with Gasteiger partial charge >= 0.3 is 0 Å². The smallest absolute Gasteiger partial charge is 0.180 e. The van der Waals surface area contributed by atoms with E-state index in [4.69, 9.17) is 0 Å². The van der Waals surface area contributed by atoms with Crippen molar-refractivity contribution in [1.82, 2.24) is 0 Å². The van der Waals surface area contributed by atoms with Crippen LogP contribution < -0.4 is 5.32 Å². The Kier molecular flexibility index (Phi) is 4.74. The lowest BCUT2D eigenvalue weighted by Crippen LogP contribution is -2.27. The first-order valence-electron chi connectivity index (χ1n) is 6.96. The molecule has 0 aliphatic heterocycles. The van der Waals surface area contributed by atoms with Crippen LogP contribution >= 0.6 is 11.3 Å². The van der Waals surface area contributed by atoms with Crippen molar-refractivity contribution in [2.45, 2.75) is 31.1 Å². The van der Waals surface area contributed by atoms with Gasteiger partial charge in [-0.3, -0.25) is 0 Å². The van der Waals surface area contributed by atoms with Crippen LogP contribution in [-0.4, -0.2) is 20.7 Å². The molecule has 1 heterocycles. The zero-order valence-corrected chi connectivity index (χ0v) is 14.2. The Balaban J connectivity index is 2.22. The van der Waals surface area contributed by atoms with Crippen molar-refractivity contribution < 1.29 is 8.42 Å². The molecule has 21 heavy (non-hydrogen) atoms. The van der Waals surface area contributed by atoms with Crippen molar-refractivity contribution in [2.75, 3.05) is 17.6 Å². The van der Waals surface area contributed by atoms with E-state index in [1.807, 2.05) is 18.2 Å². The first-order chi connectivity index (χ1) is 9.87. The highest BCUT2D eigenvalue weighted by atomic mass is 32.2. The van der Waals surface area contributed by atoms with E-state index < -0.39 is 9.84 Å². The number of sulfone groups is 1. The molecule has 1 N–H and O–H groups in total. The quantitative estimate of drug-likeness (QED) is 0.876. The first kappa shape index (κ1) is 16.0. The Labute approximate surface area is 130 Å². The third kappa shape index (κ3) is 3.66. The lowest BCUT2D eigenvalue weighted by Gasteiger charge is -2.25. The summed E-state index contributed by atoms with van der Waals surface area (Å²) in [6.07, 6.45) is 0. The molecule has 5 heteroatoms. The van der Waals surface area contributed by atoms with Gasteiger partial charge in [0.2, 0.25) is 0 Å². The molecule has 0 fully saturated rings. The van der Waals surface area contributed by atoms with Crippen LogP contribution in [0.3, 0.4) is 0 Å². The number of thiophene rings is 1. The maximum absolute atomic E-state index is 12.1. The number of hydrogen-bond acceptors (Lipinski definition) is 4. The number of benzene rings is 1. The second kappa shape index (κ2) is 6.20. The van der Waals surface area contributed by atoms with E-state index in [0.29, 0.717) is 17.1 Å². The number of hydrogen-bond donors (Lipinski definition) is 1. The van der Waals surface area contributed by atoms with Crippen LogP contribution in [0.25, 0.3) is 0 Å². The summed E-state index contributed by atoms with van der Waals surface area (Å²) in [5.41, 5.74) is 0.640. The molecule has 0 bridgehead atoms. The van der Waals surface area contributed by atoms with E-state index in [-0.39, 0.29) is 11.2 Å². The molecule has 0 saturated carbocycles. The van der Waals surface area contributed by atoms with Crippen LogP contribution in [0.5, 0.6) is 0 Å². The van der Waals surface area contributed by atoms with Gasteiger partial charge in [0, 0.05) is 16.8 Å². The van der Waals surface area contributed by atoms with Gasteiger partial charge < -0.3 is 5.32 Å². The molecule has 0 spiro atoms. The summed E-state index contributed by atoms with van der Waals surface area (Å²) in [6.45, 7) is 6.66. The topological polar surface area (TPSA) is 46.2 Å². The Morgan fingerprint density at radius 2 is 1.86 bits per heavy atom. The molecule has 0 amide bonds. The van der Waals surface area contributed by atoms with Crippen molar-refractivity contribution in [3.05, 3.63) is 46.7 Å². The molecule has 0 unspecified atom stereocenters. The van der Waals surface area contributed by atoms with Gasteiger partial charge in [0.05, 0.1) is 16.3 Å². The molecule has 1 aromatic heterocycles. The van der Waals surface area contributed by atoms with E-state index in [1.54, 1.807) is 30.4 Å². The standard InChI is InChI=1S/C16H21NO2S2/c1-4-21(18,19)14-9-6-5-8-13(14)17-12-16(2,3)15-10-7-11-20-15/h5-11,17H,4,12H2,1-3H3. The molecular formula is C16H21NO2S2. The summed E-state index contributed by atoms with van der Waals surface area (Å²) in [5.74, 6) is 0.111.